The van der Waals surface area contributed by atoms with Gasteiger partial charge in [0.05, 0.1) is 0 Å². The van der Waals surface area contributed by atoms with Gasteiger partial charge in [-0.3, -0.25) is 14.3 Å². The molecule has 2 rings (SSSR count). The first-order chi connectivity index (χ1) is 8.26. The van der Waals surface area contributed by atoms with E-state index in [1.165, 1.54) is 12.0 Å². The highest BCUT2D eigenvalue weighted by Crippen LogP contribution is 2.31. The Morgan fingerprint density at radius 2 is 2.21 bits per heavy atom. The number of likely N-dealkylation sites (tertiary alicyclic amines) is 1. The molecule has 19 heavy (non-hydrogen) atoms. The topological polar surface area (TPSA) is 3.24 Å². The lowest BCUT2D eigenvalue weighted by molar-refractivity contribution is 0.0876. The summed E-state index contributed by atoms with van der Waals surface area (Å²) >= 11 is 0. The third-order valence-electron chi connectivity index (χ3n) is 3.75. The maximum atomic E-state index is 12.6. The third-order valence-corrected chi connectivity index (χ3v) is 3.75. The van der Waals surface area contributed by atoms with E-state index in [1.807, 2.05) is 24.3 Å². The van der Waals surface area contributed by atoms with E-state index in [9.17, 15) is 4.39 Å². The number of hydrogen-bond acceptors (Lipinski definition) is 1. The Morgan fingerprint density at radius 1 is 1.47 bits per heavy atom. The summed E-state index contributed by atoms with van der Waals surface area (Å²) in [6.07, 6.45) is 3.19. The number of nitrogens with zero attached hydrogens (tertiary/aromatic N) is 1. The van der Waals surface area contributed by atoms with Crippen molar-refractivity contribution >= 4 is 0 Å². The van der Waals surface area contributed by atoms with E-state index >= 15 is 0 Å². The fourth-order valence-corrected chi connectivity index (χ4v) is 2.60. The molecule has 1 nitrogen and oxygen atoms in total. The summed E-state index contributed by atoms with van der Waals surface area (Å²) in [6.45, 7) is 7.76. The first-order valence-corrected chi connectivity index (χ1v) is 6.26. The van der Waals surface area contributed by atoms with Crippen LogP contribution in [0.2, 0.25) is 0 Å². The molecule has 0 N–H and O–H groups in total. The van der Waals surface area contributed by atoms with E-state index in [0.29, 0.717) is 12.0 Å². The SMILES string of the molecule is C=CCN1CC[C@H]1[C@@H](C)c1cccc(CF)c1.F.F. The summed E-state index contributed by atoms with van der Waals surface area (Å²) in [7, 11) is 0. The highest BCUT2D eigenvalue weighted by atomic mass is 19.1. The van der Waals surface area contributed by atoms with Crippen LogP contribution in [-0.2, 0) is 6.67 Å². The molecule has 1 aliphatic rings. The molecule has 0 radical (unpaired) electrons. The second kappa shape index (κ2) is 8.00. The molecule has 4 heteroatoms. The third kappa shape index (κ3) is 3.83. The van der Waals surface area contributed by atoms with Gasteiger partial charge in [0.2, 0.25) is 0 Å². The number of halogens is 3. The van der Waals surface area contributed by atoms with Crippen molar-refractivity contribution in [2.45, 2.75) is 32.0 Å². The van der Waals surface area contributed by atoms with Gasteiger partial charge in [-0.2, -0.15) is 0 Å². The molecule has 1 aliphatic heterocycles. The van der Waals surface area contributed by atoms with Gasteiger partial charge >= 0.3 is 0 Å². The Hall–Kier alpha value is -1.29. The maximum absolute atomic E-state index is 12.6. The van der Waals surface area contributed by atoms with Crippen LogP contribution in [0.15, 0.2) is 36.9 Å². The molecule has 1 aromatic rings. The van der Waals surface area contributed by atoms with Crippen LogP contribution in [0.4, 0.5) is 13.8 Å². The molecular formula is C15H22F3N. The summed E-state index contributed by atoms with van der Waals surface area (Å²) < 4.78 is 12.6. The monoisotopic (exact) mass is 273 g/mol. The molecular weight excluding hydrogens is 251 g/mol. The Labute approximate surface area is 112 Å². The van der Waals surface area contributed by atoms with Gasteiger partial charge in [0, 0.05) is 19.1 Å². The fourth-order valence-electron chi connectivity index (χ4n) is 2.60. The van der Waals surface area contributed by atoms with Crippen LogP contribution >= 0.6 is 0 Å². The van der Waals surface area contributed by atoms with Crippen LogP contribution in [0.5, 0.6) is 0 Å². The van der Waals surface area contributed by atoms with Crippen molar-refractivity contribution in [3.05, 3.63) is 48.0 Å². The molecule has 0 saturated carbocycles. The quantitative estimate of drug-likeness (QED) is 0.737. The lowest BCUT2D eigenvalue weighted by Gasteiger charge is -2.44. The maximum Gasteiger partial charge on any atom is 0.115 e. The number of alkyl halides is 1. The molecule has 0 spiro atoms. The molecule has 108 valence electrons. The summed E-state index contributed by atoms with van der Waals surface area (Å²) in [5.41, 5.74) is 2.03. The first kappa shape index (κ1) is 17.7. The molecule has 2 atom stereocenters. The summed E-state index contributed by atoms with van der Waals surface area (Å²) in [6, 6.07) is 8.49. The molecule has 0 aromatic heterocycles. The molecule has 0 unspecified atom stereocenters. The molecule has 0 amide bonds. The number of benzene rings is 1. The zero-order valence-electron chi connectivity index (χ0n) is 11.2. The lowest BCUT2D eigenvalue weighted by Crippen LogP contribution is -2.50. The van der Waals surface area contributed by atoms with Gasteiger partial charge in [-0.25, -0.2) is 4.39 Å². The second-order valence-electron chi connectivity index (χ2n) is 4.81. The van der Waals surface area contributed by atoms with E-state index in [2.05, 4.69) is 24.5 Å². The normalized spacial score (nSPS) is 19.6. The predicted molar refractivity (Wildman–Crippen MR) is 74.9 cm³/mol. The minimum absolute atomic E-state index is 0. The summed E-state index contributed by atoms with van der Waals surface area (Å²) in [5.74, 6) is 0.468. The van der Waals surface area contributed by atoms with Crippen molar-refractivity contribution in [1.82, 2.24) is 4.90 Å². The smallest absolute Gasteiger partial charge is 0.115 e. The van der Waals surface area contributed by atoms with Crippen LogP contribution in [0.3, 0.4) is 0 Å². The van der Waals surface area contributed by atoms with E-state index in [-0.39, 0.29) is 16.1 Å². The average Bonchev–Trinajstić information content (AvgIpc) is 2.34. The lowest BCUT2D eigenvalue weighted by atomic mass is 9.85. The van der Waals surface area contributed by atoms with Crippen LogP contribution in [0, 0.1) is 0 Å². The van der Waals surface area contributed by atoms with Gasteiger partial charge in [-0.15, -0.1) is 6.58 Å². The summed E-state index contributed by atoms with van der Waals surface area (Å²) in [4.78, 5) is 2.43. The minimum atomic E-state index is -0.373. The highest BCUT2D eigenvalue weighted by molar-refractivity contribution is 5.27. The van der Waals surface area contributed by atoms with Crippen molar-refractivity contribution in [2.75, 3.05) is 13.1 Å². The van der Waals surface area contributed by atoms with E-state index in [1.54, 1.807) is 0 Å². The van der Waals surface area contributed by atoms with E-state index in [0.717, 1.165) is 18.7 Å². The highest BCUT2D eigenvalue weighted by Gasteiger charge is 2.32. The van der Waals surface area contributed by atoms with Gasteiger partial charge in [0.15, 0.2) is 0 Å². The number of hydrogen-bond donors (Lipinski definition) is 0. The van der Waals surface area contributed by atoms with Gasteiger partial charge < -0.3 is 0 Å². The average molecular weight is 273 g/mol. The van der Waals surface area contributed by atoms with Crippen molar-refractivity contribution in [1.29, 1.82) is 0 Å². The molecule has 0 aliphatic carbocycles. The van der Waals surface area contributed by atoms with Crippen molar-refractivity contribution in [3.8, 4) is 0 Å². The van der Waals surface area contributed by atoms with Gasteiger partial charge in [-0.05, 0) is 23.5 Å². The Kier molecular flexibility index (Phi) is 7.45. The zero-order valence-corrected chi connectivity index (χ0v) is 11.2. The van der Waals surface area contributed by atoms with Crippen molar-refractivity contribution in [3.63, 3.8) is 0 Å². The van der Waals surface area contributed by atoms with E-state index < -0.39 is 0 Å². The molecule has 1 heterocycles. The van der Waals surface area contributed by atoms with Crippen LogP contribution in [0.1, 0.15) is 30.4 Å². The molecule has 1 fully saturated rings. The largest absolute Gasteiger partial charge is 0.296 e. The Balaban J connectivity index is 0.00000162. The van der Waals surface area contributed by atoms with Crippen molar-refractivity contribution < 1.29 is 13.8 Å². The Bertz CT molecular complexity index is 395. The van der Waals surface area contributed by atoms with Crippen LogP contribution in [0.25, 0.3) is 0 Å². The van der Waals surface area contributed by atoms with Crippen LogP contribution in [-0.4, -0.2) is 24.0 Å². The number of rotatable bonds is 5. The summed E-state index contributed by atoms with van der Waals surface area (Å²) in [5, 5.41) is 0. The van der Waals surface area contributed by atoms with Crippen molar-refractivity contribution in [2.24, 2.45) is 0 Å². The predicted octanol–water partition coefficient (Wildman–Crippen LogP) is 3.82. The van der Waals surface area contributed by atoms with E-state index in [4.69, 9.17) is 0 Å². The molecule has 0 bridgehead atoms. The van der Waals surface area contributed by atoms with Gasteiger partial charge in [-0.1, -0.05) is 37.3 Å². The molecule has 1 aromatic carbocycles. The first-order valence-electron chi connectivity index (χ1n) is 6.26. The second-order valence-corrected chi connectivity index (χ2v) is 4.81. The van der Waals surface area contributed by atoms with Gasteiger partial charge in [0.1, 0.15) is 6.67 Å². The van der Waals surface area contributed by atoms with Crippen LogP contribution < -0.4 is 0 Å². The molecule has 1 saturated heterocycles. The Morgan fingerprint density at radius 3 is 2.74 bits per heavy atom. The van der Waals surface area contributed by atoms with Gasteiger partial charge in [0.25, 0.3) is 0 Å². The fraction of sp³-hybridized carbons (Fsp3) is 0.467. The minimum Gasteiger partial charge on any atom is -0.296 e. The zero-order chi connectivity index (χ0) is 12.3. The standard InChI is InChI=1S/C15H20FN.2FH/c1-3-8-17-9-7-15(17)12(2)14-6-4-5-13(10-14)11-16;;/h3-6,10,12,15H,1,7-9,11H2,2H3;2*1H/t12-,15-;;/m0../s1.